The molecule has 0 aliphatic heterocycles. The molecule has 0 aromatic heterocycles. The summed E-state index contributed by atoms with van der Waals surface area (Å²) in [5.74, 6) is 0.698. The zero-order valence-electron chi connectivity index (χ0n) is 42.3. The quantitative estimate of drug-likeness (QED) is 0.00963. The van der Waals surface area contributed by atoms with Crippen molar-refractivity contribution in [1.29, 1.82) is 0 Å². The maximum Gasteiger partial charge on any atom is 0.343 e. The van der Waals surface area contributed by atoms with Gasteiger partial charge >= 0.3 is 23.9 Å². The maximum atomic E-state index is 13.0. The predicted octanol–water partition coefficient (Wildman–Crippen LogP) is 15.3. The number of carbonyl (C=O) groups is 4. The molecule has 5 aromatic rings. The minimum absolute atomic E-state index is 0.147. The summed E-state index contributed by atoms with van der Waals surface area (Å²) >= 11 is 6.60. The second-order valence-electron chi connectivity index (χ2n) is 17.4. The van der Waals surface area contributed by atoms with Crippen molar-refractivity contribution in [1.82, 2.24) is 0 Å². The Balaban J connectivity index is 0.942. The summed E-state index contributed by atoms with van der Waals surface area (Å²) in [6.45, 7) is 5.81. The summed E-state index contributed by atoms with van der Waals surface area (Å²) in [6, 6.07) is 31.7. The minimum atomic E-state index is -0.668. The summed E-state index contributed by atoms with van der Waals surface area (Å²) < 4.78 is 34.3. The summed E-state index contributed by atoms with van der Waals surface area (Å²) in [4.78, 5) is 61.5. The van der Waals surface area contributed by atoms with Gasteiger partial charge in [0.15, 0.2) is 0 Å². The van der Waals surface area contributed by atoms with Gasteiger partial charge in [0.2, 0.25) is 0 Å². The molecule has 0 unspecified atom stereocenters. The van der Waals surface area contributed by atoms with Crippen LogP contribution in [0.2, 0.25) is 0 Å². The van der Waals surface area contributed by atoms with E-state index >= 15 is 0 Å². The highest BCUT2D eigenvalue weighted by atomic mass is 32.2. The molecule has 0 N–H and O–H groups in total. The number of unbranched alkanes of at least 4 members (excludes halogenated alkanes) is 16. The Morgan fingerprint density at radius 3 is 1.10 bits per heavy atom. The summed E-state index contributed by atoms with van der Waals surface area (Å²) in [7, 11) is 0. The van der Waals surface area contributed by atoms with Gasteiger partial charge in [0.1, 0.15) is 34.5 Å². The second kappa shape index (κ2) is 34.2. The van der Waals surface area contributed by atoms with Crippen LogP contribution in [0.4, 0.5) is 0 Å². The number of hydrogen-bond donors (Lipinski definition) is 0. The Hall–Kier alpha value is -6.22. The van der Waals surface area contributed by atoms with Crippen molar-refractivity contribution in [3.05, 3.63) is 144 Å². The molecule has 0 amide bonds. The number of benzene rings is 5. The lowest BCUT2D eigenvalue weighted by atomic mass is 10.1. The number of thioether (sulfide) groups is 1. The fraction of sp³-hybridized carbons (Fsp3) is 0.407. The van der Waals surface area contributed by atoms with Crippen LogP contribution in [0.1, 0.15) is 171 Å². The van der Waals surface area contributed by atoms with Gasteiger partial charge in [-0.1, -0.05) is 121 Å². The monoisotopic (exact) mass is 1030 g/mol. The first kappa shape index (κ1) is 57.7. The van der Waals surface area contributed by atoms with Gasteiger partial charge in [-0.15, -0.1) is 0 Å². The van der Waals surface area contributed by atoms with Crippen LogP contribution in [0.5, 0.6) is 34.5 Å². The molecule has 0 heterocycles. The average Bonchev–Trinajstić information content (AvgIpc) is 3.40. The third kappa shape index (κ3) is 23.0. The lowest BCUT2D eigenvalue weighted by molar-refractivity contribution is -0.211. The van der Waals surface area contributed by atoms with Crippen molar-refractivity contribution in [2.24, 2.45) is 0 Å². The van der Waals surface area contributed by atoms with E-state index in [-0.39, 0.29) is 34.1 Å². The lowest BCUT2D eigenvalue weighted by Gasteiger charge is -2.09. The molecule has 12 nitrogen and oxygen atoms in total. The molecule has 0 saturated heterocycles. The van der Waals surface area contributed by atoms with Crippen LogP contribution in [0.3, 0.4) is 0 Å². The van der Waals surface area contributed by atoms with E-state index in [9.17, 15) is 19.2 Å². The van der Waals surface area contributed by atoms with Crippen LogP contribution in [0.15, 0.2) is 121 Å². The average molecular weight is 1040 g/mol. The van der Waals surface area contributed by atoms with E-state index in [1.165, 1.54) is 150 Å². The topological polar surface area (TPSA) is 142 Å². The Labute approximate surface area is 440 Å². The van der Waals surface area contributed by atoms with E-state index in [2.05, 4.69) is 6.92 Å². The Bertz CT molecular complexity index is 2400. The zero-order valence-corrected chi connectivity index (χ0v) is 44.0. The van der Waals surface area contributed by atoms with Gasteiger partial charge in [-0.3, -0.25) is 0 Å². The van der Waals surface area contributed by atoms with E-state index in [1.54, 1.807) is 66.7 Å². The van der Waals surface area contributed by atoms with Crippen molar-refractivity contribution in [2.45, 2.75) is 129 Å². The zero-order chi connectivity index (χ0) is 51.7. The predicted molar refractivity (Wildman–Crippen MR) is 290 cm³/mol. The van der Waals surface area contributed by atoms with Crippen LogP contribution in [0.25, 0.3) is 0 Å². The first-order valence-corrected chi connectivity index (χ1v) is 27.2. The molecule has 0 atom stereocenters. The van der Waals surface area contributed by atoms with Gasteiger partial charge in [-0.25, -0.2) is 19.2 Å². The van der Waals surface area contributed by atoms with E-state index in [0.29, 0.717) is 46.8 Å². The maximum absolute atomic E-state index is 13.0. The number of ether oxygens (including phenoxy) is 6. The van der Waals surface area contributed by atoms with Crippen LogP contribution in [0, 0.1) is 0 Å². The molecule has 0 bridgehead atoms. The van der Waals surface area contributed by atoms with Crippen LogP contribution in [-0.2, 0) is 9.78 Å². The molecule has 5 rings (SSSR count). The molecular weight excluding hydrogens is 965 g/mol. The fourth-order valence-corrected chi connectivity index (χ4v) is 8.39. The molecule has 0 saturated carbocycles. The molecule has 14 heteroatoms. The van der Waals surface area contributed by atoms with Crippen molar-refractivity contribution in [3.63, 3.8) is 0 Å². The number of esters is 4. The molecule has 5 aromatic carbocycles. The molecule has 0 aliphatic rings. The molecule has 0 aliphatic carbocycles. The van der Waals surface area contributed by atoms with E-state index in [4.69, 9.17) is 50.4 Å². The van der Waals surface area contributed by atoms with E-state index in [1.807, 2.05) is 6.92 Å². The van der Waals surface area contributed by atoms with Crippen molar-refractivity contribution in [2.75, 3.05) is 25.6 Å². The molecular formula is C59H70O12S2. The molecule has 0 radical (unpaired) electrons. The largest absolute Gasteiger partial charge is 0.494 e. The fourth-order valence-electron chi connectivity index (χ4n) is 7.48. The lowest BCUT2D eigenvalue weighted by Crippen LogP contribution is -2.11. The van der Waals surface area contributed by atoms with Crippen LogP contribution >= 0.6 is 24.0 Å². The van der Waals surface area contributed by atoms with Gasteiger partial charge in [0.25, 0.3) is 4.38 Å². The standard InChI is InChI=1S/C59H70O12S2/c1-3-5-6-7-8-9-10-13-16-19-41-64-49-33-25-45(26-34-49)55(60)67-51-37-29-47(30-38-51)57(62)69-53-23-22-24-54(44-53)70-58(63)48-31-39-52(40-32-48)68-56(61)46-27-35-50(36-28-46)65-42-20-17-14-11-12-15-18-21-43-73-59(72)71-66-4-2/h22-40,44H,3-21,41-43H2,1-2H3. The molecule has 390 valence electrons. The molecule has 0 fully saturated rings. The number of thiocarbonyl (C=S) groups is 1. The Kier molecular flexibility index (Phi) is 27.1. The van der Waals surface area contributed by atoms with Crippen molar-refractivity contribution < 1.29 is 57.4 Å². The second-order valence-corrected chi connectivity index (χ2v) is 19.1. The third-order valence-corrected chi connectivity index (χ3v) is 12.8. The summed E-state index contributed by atoms with van der Waals surface area (Å²) in [6.07, 6.45) is 21.7. The number of rotatable bonds is 34. The highest BCUT2D eigenvalue weighted by molar-refractivity contribution is 8.22. The Morgan fingerprint density at radius 1 is 0.397 bits per heavy atom. The number of hydrogen-bond acceptors (Lipinski definition) is 14. The van der Waals surface area contributed by atoms with Gasteiger partial charge < -0.3 is 33.3 Å². The highest BCUT2D eigenvalue weighted by Crippen LogP contribution is 2.25. The highest BCUT2D eigenvalue weighted by Gasteiger charge is 2.16. The normalized spacial score (nSPS) is 10.8. The van der Waals surface area contributed by atoms with Gasteiger partial charge in [0.05, 0.1) is 42.1 Å². The van der Waals surface area contributed by atoms with Crippen LogP contribution in [-0.4, -0.2) is 53.8 Å². The minimum Gasteiger partial charge on any atom is -0.494 e. The first-order chi connectivity index (χ1) is 35.7. The first-order valence-electron chi connectivity index (χ1n) is 25.8. The van der Waals surface area contributed by atoms with Crippen LogP contribution < -0.4 is 28.4 Å². The van der Waals surface area contributed by atoms with Gasteiger partial charge in [0, 0.05) is 11.8 Å². The van der Waals surface area contributed by atoms with Crippen molar-refractivity contribution in [3.8, 4) is 34.5 Å². The SMILES string of the molecule is CCCCCCCCCCCCOc1ccc(C(=O)Oc2ccc(C(=O)Oc3cccc(OC(=O)c4ccc(OC(=O)c5ccc(OCCCCCCCCCCSC(=S)OOCC)cc5)cc4)c3)cc2)cc1. The van der Waals surface area contributed by atoms with Crippen molar-refractivity contribution >= 4 is 52.2 Å². The van der Waals surface area contributed by atoms with E-state index in [0.717, 1.165) is 37.9 Å². The summed E-state index contributed by atoms with van der Waals surface area (Å²) in [5.41, 5.74) is 1.15. The smallest absolute Gasteiger partial charge is 0.343 e. The molecule has 73 heavy (non-hydrogen) atoms. The Morgan fingerprint density at radius 2 is 0.726 bits per heavy atom. The van der Waals surface area contributed by atoms with Gasteiger partial charge in [-0.2, -0.15) is 4.89 Å². The molecule has 0 spiro atoms. The van der Waals surface area contributed by atoms with Gasteiger partial charge in [-0.05, 0) is 148 Å². The summed E-state index contributed by atoms with van der Waals surface area (Å²) in [5, 5.41) is 0. The van der Waals surface area contributed by atoms with E-state index < -0.39 is 23.9 Å². The number of carbonyl (C=O) groups excluding carboxylic acids is 4. The third-order valence-electron chi connectivity index (χ3n) is 11.5.